The molecule has 0 bridgehead atoms. The predicted molar refractivity (Wildman–Crippen MR) is 67.7 cm³/mol. The molecule has 5 nitrogen and oxygen atoms in total. The van der Waals surface area contributed by atoms with Gasteiger partial charge >= 0.3 is 0 Å². The van der Waals surface area contributed by atoms with Gasteiger partial charge in [0.25, 0.3) is 0 Å². The number of hydrogen-bond acceptors (Lipinski definition) is 6. The van der Waals surface area contributed by atoms with Crippen LogP contribution in [0.5, 0.6) is 0 Å². The normalized spacial score (nSPS) is 9.65. The minimum atomic E-state index is 0.510. The fraction of sp³-hybridized carbons (Fsp3) is 0.182. The van der Waals surface area contributed by atoms with Crippen LogP contribution in [-0.4, -0.2) is 17.0 Å². The van der Waals surface area contributed by atoms with E-state index in [9.17, 15) is 0 Å². The number of nitrogens with one attached hydrogen (secondary N) is 1. The third kappa shape index (κ3) is 2.92. The van der Waals surface area contributed by atoms with Crippen molar-refractivity contribution >= 4 is 23.0 Å². The van der Waals surface area contributed by atoms with Gasteiger partial charge in [0.1, 0.15) is 18.0 Å². The second kappa shape index (κ2) is 5.27. The molecule has 0 radical (unpaired) electrons. The fourth-order valence-electron chi connectivity index (χ4n) is 1.40. The maximum absolute atomic E-state index is 8.52. The Balaban J connectivity index is 2.11. The van der Waals surface area contributed by atoms with Gasteiger partial charge < -0.3 is 4.90 Å². The van der Waals surface area contributed by atoms with Gasteiger partial charge in [-0.2, -0.15) is 5.26 Å². The first kappa shape index (κ1) is 11.4. The molecule has 0 aliphatic carbocycles. The highest BCUT2D eigenvalue weighted by atomic mass is 32.1. The van der Waals surface area contributed by atoms with Gasteiger partial charge in [0.2, 0.25) is 0 Å². The van der Waals surface area contributed by atoms with Crippen LogP contribution in [0.3, 0.4) is 0 Å². The van der Waals surface area contributed by atoms with E-state index in [-0.39, 0.29) is 0 Å². The van der Waals surface area contributed by atoms with Gasteiger partial charge in [-0.1, -0.05) is 6.07 Å². The Bertz CT molecular complexity index is 517. The molecule has 0 saturated carbocycles. The Morgan fingerprint density at radius 1 is 1.53 bits per heavy atom. The first-order valence-corrected chi connectivity index (χ1v) is 5.88. The van der Waals surface area contributed by atoms with Gasteiger partial charge in [0.15, 0.2) is 6.19 Å². The maximum atomic E-state index is 8.52. The highest BCUT2D eigenvalue weighted by Crippen LogP contribution is 2.17. The van der Waals surface area contributed by atoms with Crippen molar-refractivity contribution in [2.45, 2.75) is 6.54 Å². The number of thiophene rings is 1. The highest BCUT2D eigenvalue weighted by Gasteiger charge is 2.05. The van der Waals surface area contributed by atoms with E-state index in [1.165, 1.54) is 11.2 Å². The van der Waals surface area contributed by atoms with Crippen molar-refractivity contribution in [3.8, 4) is 6.19 Å². The summed E-state index contributed by atoms with van der Waals surface area (Å²) in [6, 6.07) is 5.85. The van der Waals surface area contributed by atoms with Crippen LogP contribution in [0.15, 0.2) is 29.9 Å². The number of rotatable bonds is 4. The summed E-state index contributed by atoms with van der Waals surface area (Å²) in [6.45, 7) is 0.792. The first-order valence-electron chi connectivity index (χ1n) is 5.00. The van der Waals surface area contributed by atoms with Crippen LogP contribution in [0.1, 0.15) is 4.88 Å². The fourth-order valence-corrected chi connectivity index (χ4v) is 2.16. The molecule has 6 heteroatoms. The van der Waals surface area contributed by atoms with Gasteiger partial charge in [-0.3, -0.25) is 5.32 Å². The molecule has 2 heterocycles. The van der Waals surface area contributed by atoms with Crippen molar-refractivity contribution in [1.29, 1.82) is 5.26 Å². The maximum Gasteiger partial charge on any atom is 0.182 e. The number of anilines is 2. The molecule has 0 unspecified atom stereocenters. The Labute approximate surface area is 103 Å². The van der Waals surface area contributed by atoms with Gasteiger partial charge in [0.05, 0.1) is 6.54 Å². The van der Waals surface area contributed by atoms with Crippen LogP contribution in [-0.2, 0) is 6.54 Å². The lowest BCUT2D eigenvalue weighted by Gasteiger charge is -2.17. The molecule has 0 spiro atoms. The van der Waals surface area contributed by atoms with Crippen molar-refractivity contribution in [2.75, 3.05) is 17.3 Å². The largest absolute Gasteiger partial charge is 0.354 e. The lowest BCUT2D eigenvalue weighted by molar-refractivity contribution is 0.905. The van der Waals surface area contributed by atoms with E-state index in [1.807, 2.05) is 29.6 Å². The van der Waals surface area contributed by atoms with Crippen LogP contribution >= 0.6 is 11.3 Å². The highest BCUT2D eigenvalue weighted by molar-refractivity contribution is 7.09. The second-order valence-corrected chi connectivity index (χ2v) is 4.47. The monoisotopic (exact) mass is 245 g/mol. The SMILES string of the molecule is CN(Cc1cccs1)c1cc(NC#N)ncn1. The smallest absolute Gasteiger partial charge is 0.182 e. The van der Waals surface area contributed by atoms with Crippen molar-refractivity contribution in [1.82, 2.24) is 9.97 Å². The topological polar surface area (TPSA) is 64.8 Å². The zero-order valence-electron chi connectivity index (χ0n) is 9.29. The lowest BCUT2D eigenvalue weighted by Crippen LogP contribution is -2.17. The minimum absolute atomic E-state index is 0.510. The molecule has 0 aromatic carbocycles. The average Bonchev–Trinajstić information content (AvgIpc) is 2.83. The van der Waals surface area contributed by atoms with Crippen LogP contribution < -0.4 is 10.2 Å². The Kier molecular flexibility index (Phi) is 3.52. The van der Waals surface area contributed by atoms with Crippen LogP contribution in [0.2, 0.25) is 0 Å². The van der Waals surface area contributed by atoms with Crippen molar-refractivity contribution < 1.29 is 0 Å². The number of aromatic nitrogens is 2. The van der Waals surface area contributed by atoms with E-state index in [2.05, 4.69) is 21.4 Å². The number of hydrogen-bond donors (Lipinski definition) is 1. The summed E-state index contributed by atoms with van der Waals surface area (Å²) in [5.74, 6) is 1.29. The summed E-state index contributed by atoms with van der Waals surface area (Å²) in [5, 5.41) is 13.1. The lowest BCUT2D eigenvalue weighted by atomic mass is 10.4. The van der Waals surface area contributed by atoms with E-state index in [4.69, 9.17) is 5.26 Å². The van der Waals surface area contributed by atoms with Gasteiger partial charge in [-0.25, -0.2) is 9.97 Å². The molecule has 2 aromatic heterocycles. The molecule has 0 saturated heterocycles. The summed E-state index contributed by atoms with van der Waals surface area (Å²) in [4.78, 5) is 11.4. The standard InChI is InChI=1S/C11H11N5S/c1-16(6-9-3-2-4-17-9)11-5-10(13-7-12)14-8-15-11/h2-5,8H,6H2,1H3,(H,13,14,15). The van der Waals surface area contributed by atoms with E-state index in [0.717, 1.165) is 12.4 Å². The third-order valence-electron chi connectivity index (χ3n) is 2.20. The van der Waals surface area contributed by atoms with Crippen LogP contribution in [0.25, 0.3) is 0 Å². The van der Waals surface area contributed by atoms with E-state index in [1.54, 1.807) is 17.4 Å². The van der Waals surface area contributed by atoms with Crippen LogP contribution in [0.4, 0.5) is 11.6 Å². The predicted octanol–water partition coefficient (Wildman–Crippen LogP) is 2.07. The van der Waals surface area contributed by atoms with Crippen molar-refractivity contribution in [3.05, 3.63) is 34.8 Å². The van der Waals surface area contributed by atoms with Gasteiger partial charge in [-0.05, 0) is 11.4 Å². The molecular formula is C11H11N5S. The molecule has 0 amide bonds. The molecular weight excluding hydrogens is 234 g/mol. The van der Waals surface area contributed by atoms with E-state index < -0.39 is 0 Å². The molecule has 2 rings (SSSR count). The molecule has 17 heavy (non-hydrogen) atoms. The minimum Gasteiger partial charge on any atom is -0.354 e. The van der Waals surface area contributed by atoms with Gasteiger partial charge in [-0.15, -0.1) is 11.3 Å². The molecule has 1 N–H and O–H groups in total. The Morgan fingerprint density at radius 3 is 3.12 bits per heavy atom. The summed E-state index contributed by atoms with van der Waals surface area (Å²) in [6.07, 6.45) is 3.28. The Morgan fingerprint density at radius 2 is 2.41 bits per heavy atom. The summed E-state index contributed by atoms with van der Waals surface area (Å²) >= 11 is 1.71. The number of nitriles is 1. The summed E-state index contributed by atoms with van der Waals surface area (Å²) in [7, 11) is 1.96. The molecule has 86 valence electrons. The molecule has 2 aromatic rings. The molecule has 0 fully saturated rings. The quantitative estimate of drug-likeness (QED) is 0.660. The summed E-state index contributed by atoms with van der Waals surface area (Å²) in [5.41, 5.74) is 0. The molecule has 0 aliphatic rings. The zero-order valence-corrected chi connectivity index (χ0v) is 10.1. The van der Waals surface area contributed by atoms with Crippen molar-refractivity contribution in [3.63, 3.8) is 0 Å². The Hall–Kier alpha value is -2.13. The molecule has 0 aliphatic heterocycles. The number of nitrogens with zero attached hydrogens (tertiary/aromatic N) is 4. The summed E-state index contributed by atoms with van der Waals surface area (Å²) < 4.78 is 0. The van der Waals surface area contributed by atoms with Crippen molar-refractivity contribution in [2.24, 2.45) is 0 Å². The van der Waals surface area contributed by atoms with Gasteiger partial charge in [0, 0.05) is 18.0 Å². The van der Waals surface area contributed by atoms with Crippen LogP contribution in [0, 0.1) is 11.5 Å². The second-order valence-electron chi connectivity index (χ2n) is 3.43. The van der Waals surface area contributed by atoms with E-state index >= 15 is 0 Å². The van der Waals surface area contributed by atoms with E-state index in [0.29, 0.717) is 5.82 Å². The third-order valence-corrected chi connectivity index (χ3v) is 3.06. The first-order chi connectivity index (χ1) is 8.29. The average molecular weight is 245 g/mol. The zero-order chi connectivity index (χ0) is 12.1. The molecule has 0 atom stereocenters.